The second-order valence-electron chi connectivity index (χ2n) is 7.87. The summed E-state index contributed by atoms with van der Waals surface area (Å²) in [5, 5.41) is 3.24. The lowest BCUT2D eigenvalue weighted by Gasteiger charge is -2.36. The second kappa shape index (κ2) is 13.0. The number of piperazine rings is 1. The van der Waals surface area contributed by atoms with Gasteiger partial charge >= 0.3 is 0 Å². The number of para-hydroxylation sites is 1. The lowest BCUT2D eigenvalue weighted by Crippen LogP contribution is -2.52. The predicted octanol–water partition coefficient (Wildman–Crippen LogP) is 2.28. The summed E-state index contributed by atoms with van der Waals surface area (Å²) < 4.78 is 5.43. The highest BCUT2D eigenvalue weighted by Crippen LogP contribution is 2.18. The van der Waals surface area contributed by atoms with Gasteiger partial charge in [-0.05, 0) is 37.3 Å². The summed E-state index contributed by atoms with van der Waals surface area (Å²) in [6, 6.07) is 10.4. The number of aliphatic imine (C=N–C) groups is 1. The molecular weight excluding hydrogens is 493 g/mol. The molecule has 0 unspecified atom stereocenters. The summed E-state index contributed by atoms with van der Waals surface area (Å²) in [6.07, 6.45) is 3.43. The molecule has 3 rings (SSSR count). The van der Waals surface area contributed by atoms with Crippen molar-refractivity contribution in [2.24, 2.45) is 10.9 Å². The number of carbonyl (C=O) groups is 1. The summed E-state index contributed by atoms with van der Waals surface area (Å²) >= 11 is 0. The fraction of sp³-hybridized carbons (Fsp3) is 0.636. The van der Waals surface area contributed by atoms with Gasteiger partial charge in [0.15, 0.2) is 5.96 Å². The molecule has 0 aromatic heterocycles. The monoisotopic (exact) mass is 529 g/mol. The van der Waals surface area contributed by atoms with Crippen molar-refractivity contribution >= 4 is 41.5 Å². The van der Waals surface area contributed by atoms with Crippen LogP contribution in [0.5, 0.6) is 0 Å². The van der Waals surface area contributed by atoms with Crippen molar-refractivity contribution in [2.45, 2.75) is 19.3 Å². The standard InChI is InChI=1S/C22H35N5O2.HI/c1-23-22(25(2)11-8-19-9-16-29-17-10-19)24-18-21(28)27-14-12-26(13-15-27)20-6-4-3-5-7-20;/h3-7,19H,8-18H2,1-2H3,(H,23,24);1H. The number of guanidine groups is 1. The summed E-state index contributed by atoms with van der Waals surface area (Å²) in [7, 11) is 3.81. The second-order valence-corrected chi connectivity index (χ2v) is 7.87. The highest BCUT2D eigenvalue weighted by atomic mass is 127. The Morgan fingerprint density at radius 2 is 1.83 bits per heavy atom. The Balaban J connectivity index is 0.00000320. The van der Waals surface area contributed by atoms with E-state index >= 15 is 0 Å². The van der Waals surface area contributed by atoms with Gasteiger partial charge in [0.1, 0.15) is 0 Å². The Morgan fingerprint density at radius 3 is 2.47 bits per heavy atom. The molecular formula is C22H36IN5O2. The molecule has 1 amide bonds. The maximum Gasteiger partial charge on any atom is 0.242 e. The molecule has 7 nitrogen and oxygen atoms in total. The Kier molecular flexibility index (Phi) is 10.7. The fourth-order valence-electron chi connectivity index (χ4n) is 4.02. The minimum atomic E-state index is 0. The van der Waals surface area contributed by atoms with E-state index in [9.17, 15) is 4.79 Å². The van der Waals surface area contributed by atoms with Gasteiger partial charge in [-0.15, -0.1) is 24.0 Å². The highest BCUT2D eigenvalue weighted by Gasteiger charge is 2.22. The summed E-state index contributed by atoms with van der Waals surface area (Å²) in [5.74, 6) is 1.65. The van der Waals surface area contributed by atoms with Crippen LogP contribution in [0.25, 0.3) is 0 Å². The van der Waals surface area contributed by atoms with E-state index in [1.807, 2.05) is 18.0 Å². The maximum atomic E-state index is 12.6. The average Bonchev–Trinajstić information content (AvgIpc) is 2.79. The molecule has 1 N–H and O–H groups in total. The summed E-state index contributed by atoms with van der Waals surface area (Å²) in [4.78, 5) is 23.4. The zero-order valence-corrected chi connectivity index (χ0v) is 20.6. The van der Waals surface area contributed by atoms with Crippen molar-refractivity contribution in [3.05, 3.63) is 30.3 Å². The zero-order valence-electron chi connectivity index (χ0n) is 18.3. The molecule has 2 aliphatic heterocycles. The minimum absolute atomic E-state index is 0. The van der Waals surface area contributed by atoms with Gasteiger partial charge in [0, 0.05) is 65.7 Å². The zero-order chi connectivity index (χ0) is 20.5. The predicted molar refractivity (Wildman–Crippen MR) is 133 cm³/mol. The van der Waals surface area contributed by atoms with Gasteiger partial charge in [-0.25, -0.2) is 0 Å². The maximum absolute atomic E-state index is 12.6. The van der Waals surface area contributed by atoms with E-state index in [-0.39, 0.29) is 29.9 Å². The highest BCUT2D eigenvalue weighted by molar-refractivity contribution is 14.0. The molecule has 0 saturated carbocycles. The van der Waals surface area contributed by atoms with Gasteiger partial charge in [0.05, 0.1) is 6.54 Å². The normalized spacial score (nSPS) is 18.0. The molecule has 30 heavy (non-hydrogen) atoms. The topological polar surface area (TPSA) is 60.4 Å². The van der Waals surface area contributed by atoms with Crippen LogP contribution in [-0.2, 0) is 9.53 Å². The third-order valence-corrected chi connectivity index (χ3v) is 5.94. The Bertz CT molecular complexity index is 659. The van der Waals surface area contributed by atoms with Crippen molar-refractivity contribution in [1.29, 1.82) is 0 Å². The van der Waals surface area contributed by atoms with Gasteiger partial charge in [-0.2, -0.15) is 0 Å². The number of rotatable bonds is 6. The molecule has 0 aliphatic carbocycles. The Labute approximate surface area is 197 Å². The molecule has 2 fully saturated rings. The number of nitrogens with zero attached hydrogens (tertiary/aromatic N) is 4. The number of anilines is 1. The summed E-state index contributed by atoms with van der Waals surface area (Å²) in [6.45, 7) is 6.25. The third kappa shape index (κ3) is 7.30. The van der Waals surface area contributed by atoms with Crippen LogP contribution in [0.4, 0.5) is 5.69 Å². The number of halogens is 1. The van der Waals surface area contributed by atoms with Gasteiger partial charge in [0.25, 0.3) is 0 Å². The number of ether oxygens (including phenoxy) is 1. The van der Waals surface area contributed by atoms with Crippen LogP contribution >= 0.6 is 24.0 Å². The largest absolute Gasteiger partial charge is 0.381 e. The van der Waals surface area contributed by atoms with Crippen LogP contribution in [0.1, 0.15) is 19.3 Å². The van der Waals surface area contributed by atoms with E-state index in [1.165, 1.54) is 5.69 Å². The van der Waals surface area contributed by atoms with Crippen molar-refractivity contribution in [1.82, 2.24) is 15.1 Å². The number of amides is 1. The molecule has 0 radical (unpaired) electrons. The van der Waals surface area contributed by atoms with Gasteiger partial charge in [-0.1, -0.05) is 18.2 Å². The van der Waals surface area contributed by atoms with Gasteiger partial charge < -0.3 is 24.8 Å². The van der Waals surface area contributed by atoms with Crippen LogP contribution in [0, 0.1) is 5.92 Å². The summed E-state index contributed by atoms with van der Waals surface area (Å²) in [5.41, 5.74) is 1.23. The lowest BCUT2D eigenvalue weighted by molar-refractivity contribution is -0.130. The molecule has 1 aromatic rings. The van der Waals surface area contributed by atoms with Crippen molar-refractivity contribution in [2.75, 3.05) is 71.5 Å². The van der Waals surface area contributed by atoms with E-state index < -0.39 is 0 Å². The molecule has 8 heteroatoms. The Morgan fingerprint density at radius 1 is 1.17 bits per heavy atom. The van der Waals surface area contributed by atoms with Crippen LogP contribution < -0.4 is 10.2 Å². The van der Waals surface area contributed by atoms with Gasteiger partial charge in [-0.3, -0.25) is 9.79 Å². The molecule has 2 saturated heterocycles. The van der Waals surface area contributed by atoms with E-state index in [0.29, 0.717) is 6.54 Å². The molecule has 1 aromatic carbocycles. The number of benzene rings is 1. The van der Waals surface area contributed by atoms with Crippen LogP contribution in [-0.4, -0.2) is 88.2 Å². The average molecular weight is 529 g/mol. The number of carbonyl (C=O) groups excluding carboxylic acids is 1. The first-order valence-electron chi connectivity index (χ1n) is 10.7. The first-order valence-corrected chi connectivity index (χ1v) is 10.7. The molecule has 168 valence electrons. The Hall–Kier alpha value is -1.55. The van der Waals surface area contributed by atoms with E-state index in [2.05, 4.69) is 44.4 Å². The quantitative estimate of drug-likeness (QED) is 0.348. The first kappa shape index (κ1) is 24.7. The van der Waals surface area contributed by atoms with Crippen LogP contribution in [0.15, 0.2) is 35.3 Å². The smallest absolute Gasteiger partial charge is 0.242 e. The molecule has 0 atom stereocenters. The number of nitrogens with one attached hydrogen (secondary N) is 1. The van der Waals surface area contributed by atoms with E-state index in [1.54, 1.807) is 7.05 Å². The first-order chi connectivity index (χ1) is 14.2. The SMILES string of the molecule is CN=C(NCC(=O)N1CCN(c2ccccc2)CC1)N(C)CCC1CCOCC1.I. The lowest BCUT2D eigenvalue weighted by atomic mass is 9.96. The third-order valence-electron chi connectivity index (χ3n) is 5.94. The van der Waals surface area contributed by atoms with E-state index in [4.69, 9.17) is 4.74 Å². The van der Waals surface area contributed by atoms with Crippen LogP contribution in [0.3, 0.4) is 0 Å². The molecule has 2 aliphatic rings. The van der Waals surface area contributed by atoms with Crippen LogP contribution in [0.2, 0.25) is 0 Å². The van der Waals surface area contributed by atoms with Crippen molar-refractivity contribution in [3.63, 3.8) is 0 Å². The molecule has 0 spiro atoms. The van der Waals surface area contributed by atoms with Crippen molar-refractivity contribution < 1.29 is 9.53 Å². The van der Waals surface area contributed by atoms with Gasteiger partial charge in [0.2, 0.25) is 5.91 Å². The molecule has 2 heterocycles. The molecule has 0 bridgehead atoms. The number of hydrogen-bond acceptors (Lipinski definition) is 4. The van der Waals surface area contributed by atoms with E-state index in [0.717, 1.165) is 77.1 Å². The number of hydrogen-bond donors (Lipinski definition) is 1. The fourth-order valence-corrected chi connectivity index (χ4v) is 4.02. The minimum Gasteiger partial charge on any atom is -0.381 e. The van der Waals surface area contributed by atoms with Crippen molar-refractivity contribution in [3.8, 4) is 0 Å².